The molecule has 11 aromatic rings. The Hall–Kier alpha value is -10.9. The van der Waals surface area contributed by atoms with Gasteiger partial charge < -0.3 is 28.4 Å². The molecule has 0 fully saturated rings. The summed E-state index contributed by atoms with van der Waals surface area (Å²) in [5.74, 6) is -2.53. The second kappa shape index (κ2) is 21.1. The number of imide groups is 2. The number of fused-ring (bicyclic) bond motifs is 2. The first kappa shape index (κ1) is 54.4. The molecule has 2 aliphatic heterocycles. The molecular formula is C72H54N2O12. The molecule has 2 heterocycles. The fourth-order valence-electron chi connectivity index (χ4n) is 12.3. The average molecular weight is 1140 g/mol. The molecule has 11 aromatic carbocycles. The van der Waals surface area contributed by atoms with Gasteiger partial charge >= 0.3 is 11.9 Å². The van der Waals surface area contributed by atoms with Gasteiger partial charge in [-0.05, 0) is 197 Å². The molecular weight excluding hydrogens is 1080 g/mol. The van der Waals surface area contributed by atoms with E-state index in [1.165, 1.54) is 0 Å². The maximum Gasteiger partial charge on any atom is 0.331 e. The van der Waals surface area contributed by atoms with Crippen molar-refractivity contribution < 1.29 is 57.2 Å². The van der Waals surface area contributed by atoms with Crippen LogP contribution in [0, 0.1) is 55.4 Å². The van der Waals surface area contributed by atoms with E-state index in [0.717, 1.165) is 54.3 Å². The SMILES string of the molecule is Cc1cc(C)cc(Oc2cc3c4c(cc(Oc5cc(C)cc(C)c5)c5c6c(Oc7cc(C)cc(C)c7)cc7c8c(cc(Oc9cc(C)cc(C)c9)c(c2c45)c86)C(=O)N(CC(=O)Oc2ccccc2)C7=O)C(=O)N(CC(=O)Oc2ccccc2)C3=O)c1. The zero-order valence-electron chi connectivity index (χ0n) is 48.2. The van der Waals surface area contributed by atoms with Crippen molar-refractivity contribution in [3.05, 3.63) is 224 Å². The lowest BCUT2D eigenvalue weighted by Gasteiger charge is -2.32. The maximum atomic E-state index is 15.5. The number of nitrogens with zero attached hydrogens (tertiary/aromatic N) is 2. The normalized spacial score (nSPS) is 12.9. The Kier molecular flexibility index (Phi) is 13.3. The van der Waals surface area contributed by atoms with Gasteiger partial charge in [0.15, 0.2) is 0 Å². The molecule has 0 saturated carbocycles. The highest BCUT2D eigenvalue weighted by Gasteiger charge is 2.43. The Balaban J connectivity index is 1.20. The van der Waals surface area contributed by atoms with Crippen molar-refractivity contribution >= 4 is 78.7 Å². The number of para-hydroxylation sites is 2. The lowest BCUT2D eigenvalue weighted by atomic mass is 9.80. The van der Waals surface area contributed by atoms with E-state index < -0.39 is 48.7 Å². The Morgan fingerprint density at radius 3 is 0.756 bits per heavy atom. The molecule has 0 unspecified atom stereocenters. The second-order valence-electron chi connectivity index (χ2n) is 22.4. The number of hydrogen-bond acceptors (Lipinski definition) is 12. The topological polar surface area (TPSA) is 164 Å². The molecule has 86 heavy (non-hydrogen) atoms. The summed E-state index contributed by atoms with van der Waals surface area (Å²) in [4.78, 5) is 91.7. The van der Waals surface area contributed by atoms with Crippen LogP contribution < -0.4 is 28.4 Å². The van der Waals surface area contributed by atoms with E-state index in [1.54, 1.807) is 84.9 Å². The van der Waals surface area contributed by atoms with Crippen LogP contribution in [0.2, 0.25) is 0 Å². The number of hydrogen-bond donors (Lipinski definition) is 0. The molecule has 2 aliphatic rings. The Labute approximate surface area is 493 Å². The number of aryl methyl sites for hydroxylation is 8. The molecule has 0 aliphatic carbocycles. The average Bonchev–Trinajstić information content (AvgIpc) is 0.773. The van der Waals surface area contributed by atoms with E-state index in [4.69, 9.17) is 28.4 Å². The van der Waals surface area contributed by atoms with Crippen LogP contribution in [0.5, 0.6) is 57.5 Å². The van der Waals surface area contributed by atoms with Crippen molar-refractivity contribution in [2.45, 2.75) is 55.4 Å². The minimum atomic E-state index is -0.865. The monoisotopic (exact) mass is 1140 g/mol. The van der Waals surface area contributed by atoms with Gasteiger partial charge in [0.1, 0.15) is 70.6 Å². The summed E-state index contributed by atoms with van der Waals surface area (Å²) in [5, 5.41) is 2.24. The molecule has 0 atom stereocenters. The van der Waals surface area contributed by atoms with Crippen molar-refractivity contribution in [3.8, 4) is 57.5 Å². The van der Waals surface area contributed by atoms with Gasteiger partial charge in [-0.2, -0.15) is 0 Å². The van der Waals surface area contributed by atoms with Gasteiger partial charge in [0.25, 0.3) is 23.6 Å². The standard InChI is InChI=1S/C72H54N2O12/c1-37-19-38(2)24-47(23-37)81-55-31-51-61-52(70(78)73(69(51)77)35-59(75)85-45-15-11-9-12-16-45)33-57(83-49-27-41(5)21-42(6)28-49)65-66-58(84-50-29-43(7)22-44(8)30-50)34-54-62-53(71(79)74(72(54)80)36-60(76)86-46-17-13-10-14-18-46)32-56(64(68(62)66)63(55)67(61)65)82-48-25-39(3)20-40(4)26-48/h9-34H,35-36H2,1-8H3. The second-order valence-corrected chi connectivity index (χ2v) is 22.4. The van der Waals surface area contributed by atoms with E-state index in [1.807, 2.05) is 128 Å². The molecule has 4 amide bonds. The molecule has 0 spiro atoms. The zero-order valence-corrected chi connectivity index (χ0v) is 48.2. The Bertz CT molecular complexity index is 4150. The van der Waals surface area contributed by atoms with Crippen molar-refractivity contribution in [2.24, 2.45) is 0 Å². The lowest BCUT2D eigenvalue weighted by molar-refractivity contribution is -0.135. The van der Waals surface area contributed by atoms with Crippen LogP contribution in [-0.4, -0.2) is 58.5 Å². The predicted octanol–water partition coefficient (Wildman–Crippen LogP) is 15.8. The Morgan fingerprint density at radius 1 is 0.291 bits per heavy atom. The highest BCUT2D eigenvalue weighted by molar-refractivity contribution is 6.45. The zero-order chi connectivity index (χ0) is 60.0. The number of rotatable bonds is 14. The summed E-state index contributed by atoms with van der Waals surface area (Å²) in [6, 6.07) is 45.7. The summed E-state index contributed by atoms with van der Waals surface area (Å²) < 4.78 is 40.0. The molecule has 0 saturated heterocycles. The van der Waals surface area contributed by atoms with E-state index >= 15 is 19.2 Å². The number of ether oxygens (including phenoxy) is 6. The van der Waals surface area contributed by atoms with Gasteiger partial charge in [-0.3, -0.25) is 29.0 Å². The molecule has 0 N–H and O–H groups in total. The third-order valence-corrected chi connectivity index (χ3v) is 15.3. The van der Waals surface area contributed by atoms with Crippen LogP contribution in [0.1, 0.15) is 85.9 Å². The van der Waals surface area contributed by atoms with Gasteiger partial charge in [0, 0.05) is 43.1 Å². The first-order valence-electron chi connectivity index (χ1n) is 28.0. The van der Waals surface area contributed by atoms with Crippen LogP contribution in [0.15, 0.2) is 158 Å². The van der Waals surface area contributed by atoms with E-state index in [2.05, 4.69) is 0 Å². The molecule has 0 aromatic heterocycles. The van der Waals surface area contributed by atoms with Crippen molar-refractivity contribution in [1.82, 2.24) is 9.80 Å². The summed E-state index contributed by atoms with van der Waals surface area (Å²) in [6.07, 6.45) is 0. The van der Waals surface area contributed by atoms with Crippen molar-refractivity contribution in [2.75, 3.05) is 13.1 Å². The van der Waals surface area contributed by atoms with Gasteiger partial charge in [0.2, 0.25) is 0 Å². The molecule has 0 radical (unpaired) electrons. The minimum Gasteiger partial charge on any atom is -0.457 e. The molecule has 13 rings (SSSR count). The van der Waals surface area contributed by atoms with Gasteiger partial charge in [-0.25, -0.2) is 9.59 Å². The molecule has 14 heteroatoms. The summed E-state index contributed by atoms with van der Waals surface area (Å²) >= 11 is 0. The quantitative estimate of drug-likeness (QED) is 0.0333. The number of carbonyl (C=O) groups is 6. The third kappa shape index (κ3) is 9.79. The van der Waals surface area contributed by atoms with Gasteiger partial charge in [-0.15, -0.1) is 0 Å². The minimum absolute atomic E-state index is 0.00966. The highest BCUT2D eigenvalue weighted by atomic mass is 16.5. The van der Waals surface area contributed by atoms with Crippen LogP contribution in [0.25, 0.3) is 43.1 Å². The smallest absolute Gasteiger partial charge is 0.331 e. The lowest BCUT2D eigenvalue weighted by Crippen LogP contribution is -2.44. The number of benzene rings is 11. The van der Waals surface area contributed by atoms with Gasteiger partial charge in [-0.1, -0.05) is 60.7 Å². The Morgan fingerprint density at radius 2 is 0.523 bits per heavy atom. The van der Waals surface area contributed by atoms with Crippen molar-refractivity contribution in [1.29, 1.82) is 0 Å². The molecule has 0 bridgehead atoms. The van der Waals surface area contributed by atoms with E-state index in [0.29, 0.717) is 55.3 Å². The first-order valence-corrected chi connectivity index (χ1v) is 28.0. The first-order chi connectivity index (χ1) is 41.3. The van der Waals surface area contributed by atoms with Gasteiger partial charge in [0.05, 0.1) is 22.3 Å². The van der Waals surface area contributed by atoms with E-state index in [-0.39, 0.29) is 67.5 Å². The predicted molar refractivity (Wildman–Crippen MR) is 327 cm³/mol. The maximum absolute atomic E-state index is 15.5. The van der Waals surface area contributed by atoms with Crippen LogP contribution >= 0.6 is 0 Å². The van der Waals surface area contributed by atoms with Crippen LogP contribution in [0.4, 0.5) is 0 Å². The fraction of sp³-hybridized carbons (Fsp3) is 0.139. The largest absolute Gasteiger partial charge is 0.457 e. The van der Waals surface area contributed by atoms with Crippen LogP contribution in [-0.2, 0) is 9.59 Å². The number of esters is 2. The summed E-state index contributed by atoms with van der Waals surface area (Å²) in [5.41, 5.74) is 7.02. The summed E-state index contributed by atoms with van der Waals surface area (Å²) in [7, 11) is 0. The van der Waals surface area contributed by atoms with Crippen molar-refractivity contribution in [3.63, 3.8) is 0 Å². The summed E-state index contributed by atoms with van der Waals surface area (Å²) in [6.45, 7) is 13.9. The van der Waals surface area contributed by atoms with E-state index in [9.17, 15) is 9.59 Å². The number of carbonyl (C=O) groups excluding carboxylic acids is 6. The molecule has 424 valence electrons. The molecule has 14 nitrogen and oxygen atoms in total. The highest BCUT2D eigenvalue weighted by Crippen LogP contribution is 2.58. The third-order valence-electron chi connectivity index (χ3n) is 15.3. The fourth-order valence-corrected chi connectivity index (χ4v) is 12.3. The van der Waals surface area contributed by atoms with Crippen LogP contribution in [0.3, 0.4) is 0 Å². The number of amides is 4.